The number of carbonyl (C=O) groups excluding carboxylic acids is 1. The van der Waals surface area contributed by atoms with E-state index in [1.165, 1.54) is 11.9 Å². The van der Waals surface area contributed by atoms with Gasteiger partial charge in [0.05, 0.1) is 30.9 Å². The fourth-order valence-corrected chi connectivity index (χ4v) is 4.83. The summed E-state index contributed by atoms with van der Waals surface area (Å²) < 4.78 is 8.28. The molecule has 1 amide bonds. The van der Waals surface area contributed by atoms with Crippen LogP contribution in [-0.2, 0) is 11.2 Å². The molecule has 2 aliphatic rings. The molecule has 2 aromatic carbocycles. The lowest BCUT2D eigenvalue weighted by Gasteiger charge is -2.42. The van der Waals surface area contributed by atoms with Crippen LogP contribution in [0.3, 0.4) is 0 Å². The minimum Gasteiger partial charge on any atom is -0.378 e. The second-order valence-electron chi connectivity index (χ2n) is 8.77. The topological polar surface area (TPSA) is 77.4 Å². The van der Waals surface area contributed by atoms with Crippen LogP contribution < -0.4 is 14.9 Å². The van der Waals surface area contributed by atoms with Gasteiger partial charge in [-0.2, -0.15) is 5.26 Å². The lowest BCUT2D eigenvalue weighted by molar-refractivity contribution is 0.0984. The predicted octanol–water partition coefficient (Wildman–Crippen LogP) is 4.14. The number of amides is 1. The third-order valence-corrected chi connectivity index (χ3v) is 6.46. The van der Waals surface area contributed by atoms with E-state index in [0.29, 0.717) is 24.3 Å². The lowest BCUT2D eigenvalue weighted by Crippen LogP contribution is -2.37. The van der Waals surface area contributed by atoms with Gasteiger partial charge in [0.25, 0.3) is 5.91 Å². The first-order valence-corrected chi connectivity index (χ1v) is 11.7. The maximum Gasteiger partial charge on any atom is 0.261 e. The number of anilines is 2. The molecule has 2 aromatic rings. The molecule has 0 radical (unpaired) electrons. The second kappa shape index (κ2) is 8.81. The van der Waals surface area contributed by atoms with Crippen LogP contribution in [0.1, 0.15) is 46.9 Å². The van der Waals surface area contributed by atoms with Gasteiger partial charge < -0.3 is 15.0 Å². The van der Waals surface area contributed by atoms with E-state index in [-0.39, 0.29) is 17.4 Å². The van der Waals surface area contributed by atoms with E-state index < -0.39 is 0 Å². The van der Waals surface area contributed by atoms with Gasteiger partial charge in [0.15, 0.2) is 0 Å². The van der Waals surface area contributed by atoms with E-state index >= 15 is 0 Å². The van der Waals surface area contributed by atoms with Crippen LogP contribution >= 0.6 is 11.9 Å². The highest BCUT2D eigenvalue weighted by Crippen LogP contribution is 2.45. The van der Waals surface area contributed by atoms with Crippen molar-refractivity contribution in [1.29, 1.82) is 5.26 Å². The summed E-state index contributed by atoms with van der Waals surface area (Å²) in [5.41, 5.74) is 5.61. The van der Waals surface area contributed by atoms with E-state index in [1.807, 2.05) is 36.6 Å². The van der Waals surface area contributed by atoms with Gasteiger partial charge in [-0.15, -0.1) is 0 Å². The van der Waals surface area contributed by atoms with Crippen molar-refractivity contribution in [3.63, 3.8) is 0 Å². The van der Waals surface area contributed by atoms with Gasteiger partial charge in [-0.3, -0.25) is 9.52 Å². The molecular formula is C24H28N4O2S. The zero-order chi connectivity index (χ0) is 22.0. The minimum atomic E-state index is -0.0992. The Morgan fingerprint density at radius 2 is 2.03 bits per heavy atom. The first kappa shape index (κ1) is 21.5. The van der Waals surface area contributed by atoms with Crippen LogP contribution in [0, 0.1) is 16.7 Å². The molecule has 2 aliphatic heterocycles. The van der Waals surface area contributed by atoms with Crippen LogP contribution in [0.25, 0.3) is 0 Å². The fraction of sp³-hybridized carbons (Fsp3) is 0.417. The highest BCUT2D eigenvalue weighted by Gasteiger charge is 2.36. The number of nitrogens with zero attached hydrogens (tertiary/aromatic N) is 2. The molecule has 31 heavy (non-hydrogen) atoms. The van der Waals surface area contributed by atoms with Crippen LogP contribution in [0.5, 0.6) is 0 Å². The van der Waals surface area contributed by atoms with Crippen LogP contribution in [0.15, 0.2) is 36.4 Å². The van der Waals surface area contributed by atoms with E-state index in [1.54, 1.807) is 0 Å². The molecule has 2 heterocycles. The van der Waals surface area contributed by atoms with Crippen LogP contribution in [0.4, 0.5) is 11.4 Å². The van der Waals surface area contributed by atoms with Crippen molar-refractivity contribution < 1.29 is 9.53 Å². The van der Waals surface area contributed by atoms with E-state index in [9.17, 15) is 10.1 Å². The summed E-state index contributed by atoms with van der Waals surface area (Å²) in [4.78, 5) is 14.5. The number of hydrogen-bond acceptors (Lipinski definition) is 6. The zero-order valence-corrected chi connectivity index (χ0v) is 19.0. The Bertz CT molecular complexity index is 1020. The molecule has 0 saturated carbocycles. The average Bonchev–Trinajstić information content (AvgIpc) is 2.78. The molecule has 1 saturated heterocycles. The summed E-state index contributed by atoms with van der Waals surface area (Å²) in [5, 5.41) is 13.3. The Morgan fingerprint density at radius 3 is 2.74 bits per heavy atom. The normalized spacial score (nSPS) is 19.7. The van der Waals surface area contributed by atoms with Crippen molar-refractivity contribution in [3.8, 4) is 6.07 Å². The summed E-state index contributed by atoms with van der Waals surface area (Å²) >= 11 is 1.30. The molecule has 1 atom stereocenters. The van der Waals surface area contributed by atoms with E-state index in [0.717, 1.165) is 42.0 Å². The molecule has 0 aliphatic carbocycles. The Kier molecular flexibility index (Phi) is 6.12. The zero-order valence-electron chi connectivity index (χ0n) is 18.2. The van der Waals surface area contributed by atoms with Gasteiger partial charge in [-0.05, 0) is 59.4 Å². The maximum atomic E-state index is 12.2. The summed E-state index contributed by atoms with van der Waals surface area (Å²) in [6.07, 6.45) is 2.68. The number of morpholine rings is 1. The number of nitrogens with one attached hydrogen (secondary N) is 2. The van der Waals surface area contributed by atoms with Crippen LogP contribution in [0.2, 0.25) is 0 Å². The van der Waals surface area contributed by atoms with Gasteiger partial charge in [0, 0.05) is 36.3 Å². The third-order valence-electron chi connectivity index (χ3n) is 6.07. The first-order chi connectivity index (χ1) is 14.9. The number of nitriles is 1. The van der Waals surface area contributed by atoms with E-state index in [2.05, 4.69) is 40.9 Å². The maximum absolute atomic E-state index is 12.2. The number of rotatable bonds is 4. The second-order valence-corrected chi connectivity index (χ2v) is 9.39. The number of fused-ring (bicyclic) bond motifs is 1. The smallest absolute Gasteiger partial charge is 0.261 e. The summed E-state index contributed by atoms with van der Waals surface area (Å²) in [5.74, 6) is -0.0768. The van der Waals surface area contributed by atoms with E-state index in [4.69, 9.17) is 4.74 Å². The van der Waals surface area contributed by atoms with Crippen molar-refractivity contribution in [2.24, 2.45) is 5.41 Å². The van der Waals surface area contributed by atoms with Gasteiger partial charge in [-0.1, -0.05) is 25.8 Å². The quantitative estimate of drug-likeness (QED) is 0.702. The van der Waals surface area contributed by atoms with Crippen molar-refractivity contribution in [2.45, 2.75) is 26.3 Å². The van der Waals surface area contributed by atoms with Crippen LogP contribution in [-0.4, -0.2) is 38.5 Å². The lowest BCUT2D eigenvalue weighted by atomic mass is 9.72. The highest BCUT2D eigenvalue weighted by molar-refractivity contribution is 7.97. The monoisotopic (exact) mass is 436 g/mol. The van der Waals surface area contributed by atoms with Gasteiger partial charge >= 0.3 is 0 Å². The minimum absolute atomic E-state index is 0.0546. The molecule has 2 N–H and O–H groups in total. The molecule has 1 fully saturated rings. The van der Waals surface area contributed by atoms with Gasteiger partial charge in [0.1, 0.15) is 0 Å². The largest absolute Gasteiger partial charge is 0.378 e. The average molecular weight is 437 g/mol. The Balaban J connectivity index is 1.67. The third kappa shape index (κ3) is 4.51. The predicted molar refractivity (Wildman–Crippen MR) is 125 cm³/mol. The molecule has 0 spiro atoms. The standard InChI is InChI=1S/C24H28N4O2S/c1-24(2)14-19-12-17(23(29)27-31-3)4-5-21(19)26-22(24)18-10-16(15-25)11-20(13-18)28-6-8-30-9-7-28/h4-5,10-13,22,26H,6-9,14H2,1-3H3,(H,27,29). The van der Waals surface area contributed by atoms with Crippen molar-refractivity contribution in [2.75, 3.05) is 42.8 Å². The van der Waals surface area contributed by atoms with Crippen molar-refractivity contribution in [1.82, 2.24) is 4.72 Å². The molecule has 0 bridgehead atoms. The number of benzene rings is 2. The summed E-state index contributed by atoms with van der Waals surface area (Å²) in [6, 6.07) is 14.4. The number of carbonyl (C=O) groups is 1. The van der Waals surface area contributed by atoms with Gasteiger partial charge in [0.2, 0.25) is 0 Å². The number of hydrogen-bond donors (Lipinski definition) is 2. The van der Waals surface area contributed by atoms with Crippen molar-refractivity contribution in [3.05, 3.63) is 58.7 Å². The molecule has 1 unspecified atom stereocenters. The first-order valence-electron chi connectivity index (χ1n) is 10.5. The molecule has 0 aromatic heterocycles. The molecular weight excluding hydrogens is 408 g/mol. The SMILES string of the molecule is CSNC(=O)c1ccc2c(c1)CC(C)(C)C(c1cc(C#N)cc(N3CCOCC3)c1)N2. The highest BCUT2D eigenvalue weighted by atomic mass is 32.2. The molecule has 4 rings (SSSR count). The number of ether oxygens (including phenoxy) is 1. The summed E-state index contributed by atoms with van der Waals surface area (Å²) in [6.45, 7) is 7.54. The molecule has 7 heteroatoms. The van der Waals surface area contributed by atoms with Gasteiger partial charge in [-0.25, -0.2) is 0 Å². The molecule has 162 valence electrons. The molecule has 6 nitrogen and oxygen atoms in total. The Hall–Kier alpha value is -2.69. The Morgan fingerprint density at radius 1 is 1.26 bits per heavy atom. The fourth-order valence-electron chi connectivity index (χ4n) is 4.52. The van der Waals surface area contributed by atoms with Crippen molar-refractivity contribution >= 4 is 29.2 Å². The Labute approximate surface area is 188 Å². The summed E-state index contributed by atoms with van der Waals surface area (Å²) in [7, 11) is 0.